The summed E-state index contributed by atoms with van der Waals surface area (Å²) in [4.78, 5) is -1.70. The molecule has 0 amide bonds. The molecule has 1 aromatic carbocycles. The summed E-state index contributed by atoms with van der Waals surface area (Å²) in [6.45, 7) is 2.06. The van der Waals surface area contributed by atoms with Crippen molar-refractivity contribution < 1.29 is 0 Å². The van der Waals surface area contributed by atoms with Gasteiger partial charge in [0.05, 0.1) is 0 Å². The van der Waals surface area contributed by atoms with Gasteiger partial charge in [0.15, 0.2) is 0 Å². The summed E-state index contributed by atoms with van der Waals surface area (Å²) >= 11 is 13.0. The van der Waals surface area contributed by atoms with Gasteiger partial charge in [0.1, 0.15) is 5.30 Å². The second-order valence-electron chi connectivity index (χ2n) is 2.40. The number of hydrogen-bond acceptors (Lipinski definition) is 3. The van der Waals surface area contributed by atoms with E-state index < -0.39 is 4.87 Å². The lowest BCUT2D eigenvalue weighted by molar-refractivity contribution is 1.49. The summed E-state index contributed by atoms with van der Waals surface area (Å²) in [5.41, 5.74) is 1.25. The first-order chi connectivity index (χ1) is 5.00. The summed E-state index contributed by atoms with van der Waals surface area (Å²) in [5, 5.41) is 1.11. The van der Waals surface area contributed by atoms with Crippen molar-refractivity contribution in [1.82, 2.24) is 0 Å². The lowest BCUT2D eigenvalue weighted by Gasteiger charge is -2.04. The first-order valence-electron chi connectivity index (χ1n) is 3.14. The Bertz CT molecular complexity index is 237. The van der Waals surface area contributed by atoms with E-state index in [-0.39, 0.29) is 0 Å². The molecule has 0 aromatic heterocycles. The Morgan fingerprint density at radius 2 is 1.45 bits per heavy atom. The van der Waals surface area contributed by atoms with Crippen molar-refractivity contribution >= 4 is 46.9 Å². The molecule has 0 fully saturated rings. The van der Waals surface area contributed by atoms with Crippen molar-refractivity contribution in [2.24, 2.45) is 0 Å². The van der Waals surface area contributed by atoms with E-state index in [1.54, 1.807) is 0 Å². The second-order valence-corrected chi connectivity index (χ2v) is 12.3. The van der Waals surface area contributed by atoms with Crippen LogP contribution in [0.4, 0.5) is 0 Å². The van der Waals surface area contributed by atoms with E-state index >= 15 is 0 Å². The zero-order valence-corrected chi connectivity index (χ0v) is 9.68. The minimum absolute atomic E-state index is 1.11. The smallest absolute Gasteiger partial charge is 0.0553 e. The standard InChI is InChI=1S/C7H10PS3/c1-6-2-4-7(5-3-6)8(9,10)11/h2-5,9-11H,1H3/q+1. The van der Waals surface area contributed by atoms with Crippen LogP contribution >= 0.6 is 41.6 Å². The first kappa shape index (κ1) is 9.79. The summed E-state index contributed by atoms with van der Waals surface area (Å²) in [6.07, 6.45) is 0. The lowest BCUT2D eigenvalue weighted by Crippen LogP contribution is -1.97. The minimum Gasteiger partial charge on any atom is -0.0553 e. The molecule has 0 heterocycles. The van der Waals surface area contributed by atoms with Crippen molar-refractivity contribution in [3.05, 3.63) is 29.8 Å². The highest BCUT2D eigenvalue weighted by molar-refractivity contribution is 9.11. The Balaban J connectivity index is 2.99. The van der Waals surface area contributed by atoms with Crippen LogP contribution in [0.2, 0.25) is 0 Å². The highest BCUT2D eigenvalue weighted by Crippen LogP contribution is 2.70. The van der Waals surface area contributed by atoms with Crippen molar-refractivity contribution in [3.63, 3.8) is 0 Å². The van der Waals surface area contributed by atoms with Gasteiger partial charge < -0.3 is 0 Å². The van der Waals surface area contributed by atoms with E-state index in [1.807, 2.05) is 24.3 Å². The lowest BCUT2D eigenvalue weighted by atomic mass is 10.2. The predicted octanol–water partition coefficient (Wildman–Crippen LogP) is 3.17. The molecule has 0 radical (unpaired) electrons. The third-order valence-corrected chi connectivity index (χ3v) is 4.45. The second kappa shape index (κ2) is 3.61. The van der Waals surface area contributed by atoms with Crippen LogP contribution in [0.3, 0.4) is 0 Å². The molecule has 0 saturated carbocycles. The number of rotatable bonds is 1. The molecular weight excluding hydrogens is 211 g/mol. The Morgan fingerprint density at radius 1 is 1.00 bits per heavy atom. The molecule has 0 nitrogen and oxygen atoms in total. The highest BCUT2D eigenvalue weighted by atomic mass is 33.4. The number of aryl methyl sites for hydroxylation is 1. The van der Waals surface area contributed by atoms with Crippen LogP contribution in [-0.4, -0.2) is 0 Å². The average Bonchev–Trinajstić information content (AvgIpc) is 1.86. The van der Waals surface area contributed by atoms with Crippen molar-refractivity contribution in [3.8, 4) is 0 Å². The molecule has 0 atom stereocenters. The molecule has 0 bridgehead atoms. The maximum Gasteiger partial charge on any atom is 0.213 e. The van der Waals surface area contributed by atoms with E-state index in [0.717, 1.165) is 5.30 Å². The fourth-order valence-corrected chi connectivity index (χ4v) is 2.49. The van der Waals surface area contributed by atoms with Gasteiger partial charge in [0, 0.05) is 36.7 Å². The SMILES string of the molecule is Cc1ccc([P+](S)(S)S)cc1. The quantitative estimate of drug-likeness (QED) is 0.471. The Labute approximate surface area is 83.6 Å². The fraction of sp³-hybridized carbons (Fsp3) is 0.143. The van der Waals surface area contributed by atoms with Crippen LogP contribution in [0.1, 0.15) is 5.56 Å². The van der Waals surface area contributed by atoms with Gasteiger partial charge in [-0.1, -0.05) is 17.7 Å². The Morgan fingerprint density at radius 3 is 1.82 bits per heavy atom. The summed E-state index contributed by atoms with van der Waals surface area (Å²) in [6, 6.07) is 8.14. The summed E-state index contributed by atoms with van der Waals surface area (Å²) in [5.74, 6) is 0. The maximum atomic E-state index is 4.32. The predicted molar refractivity (Wildman–Crippen MR) is 64.7 cm³/mol. The molecule has 0 unspecified atom stereocenters. The monoisotopic (exact) mass is 221 g/mol. The van der Waals surface area contributed by atoms with E-state index in [4.69, 9.17) is 0 Å². The summed E-state index contributed by atoms with van der Waals surface area (Å²) in [7, 11) is 0. The molecule has 60 valence electrons. The van der Waals surface area contributed by atoms with E-state index in [0.29, 0.717) is 0 Å². The van der Waals surface area contributed by atoms with Crippen LogP contribution in [0.5, 0.6) is 0 Å². The van der Waals surface area contributed by atoms with Gasteiger partial charge in [-0.3, -0.25) is 0 Å². The largest absolute Gasteiger partial charge is 0.213 e. The van der Waals surface area contributed by atoms with Gasteiger partial charge in [-0.05, 0) is 19.1 Å². The maximum absolute atomic E-state index is 4.32. The third kappa shape index (κ3) is 2.90. The first-order valence-corrected chi connectivity index (χ1v) is 8.39. The number of thiol groups is 3. The fourth-order valence-electron chi connectivity index (χ4n) is 0.745. The topological polar surface area (TPSA) is 0 Å². The molecule has 1 rings (SSSR count). The molecule has 0 aliphatic heterocycles. The van der Waals surface area contributed by atoms with Gasteiger partial charge in [-0.25, -0.2) is 0 Å². The molecule has 0 aliphatic carbocycles. The van der Waals surface area contributed by atoms with Gasteiger partial charge in [0.2, 0.25) is 4.87 Å². The molecule has 0 N–H and O–H groups in total. The van der Waals surface area contributed by atoms with E-state index in [1.165, 1.54) is 5.56 Å². The van der Waals surface area contributed by atoms with Crippen LogP contribution in [0.25, 0.3) is 0 Å². The van der Waals surface area contributed by atoms with Crippen molar-refractivity contribution in [2.75, 3.05) is 0 Å². The van der Waals surface area contributed by atoms with Crippen molar-refractivity contribution in [1.29, 1.82) is 0 Å². The average molecular weight is 221 g/mol. The zero-order valence-electron chi connectivity index (χ0n) is 6.10. The Hall–Kier alpha value is 0.700. The zero-order chi connectivity index (χ0) is 8.48. The number of benzene rings is 1. The van der Waals surface area contributed by atoms with Crippen LogP contribution < -0.4 is 5.30 Å². The van der Waals surface area contributed by atoms with Gasteiger partial charge in [-0.15, -0.1) is 0 Å². The number of hydrogen-bond donors (Lipinski definition) is 3. The molecule has 1 aromatic rings. The van der Waals surface area contributed by atoms with Crippen LogP contribution in [0, 0.1) is 6.92 Å². The highest BCUT2D eigenvalue weighted by Gasteiger charge is 2.27. The van der Waals surface area contributed by atoms with Crippen molar-refractivity contribution in [2.45, 2.75) is 6.92 Å². The molecule has 0 spiro atoms. The Kier molecular flexibility index (Phi) is 3.21. The molecule has 11 heavy (non-hydrogen) atoms. The van der Waals surface area contributed by atoms with E-state index in [9.17, 15) is 0 Å². The summed E-state index contributed by atoms with van der Waals surface area (Å²) < 4.78 is 0. The molecule has 0 aliphatic rings. The minimum atomic E-state index is -1.70. The molecular formula is C7H10PS3+. The third-order valence-electron chi connectivity index (χ3n) is 1.38. The van der Waals surface area contributed by atoms with Gasteiger partial charge in [-0.2, -0.15) is 0 Å². The molecule has 0 saturated heterocycles. The van der Waals surface area contributed by atoms with Crippen LogP contribution in [-0.2, 0) is 0 Å². The van der Waals surface area contributed by atoms with Gasteiger partial charge in [0.25, 0.3) is 0 Å². The van der Waals surface area contributed by atoms with Crippen LogP contribution in [0.15, 0.2) is 24.3 Å². The molecule has 4 heteroatoms. The van der Waals surface area contributed by atoms with Gasteiger partial charge >= 0.3 is 0 Å². The van der Waals surface area contributed by atoms with E-state index in [2.05, 4.69) is 43.7 Å². The normalized spacial score (nSPS) is 11.6.